The lowest BCUT2D eigenvalue weighted by Gasteiger charge is -2.05. The fraction of sp³-hybridized carbons (Fsp3) is 0.211. The van der Waals surface area contributed by atoms with Crippen molar-refractivity contribution in [1.82, 2.24) is 15.6 Å². The zero-order chi connectivity index (χ0) is 19.1. The Morgan fingerprint density at radius 3 is 2.59 bits per heavy atom. The minimum absolute atomic E-state index is 0.177. The molecular formula is C19H18FN3O4. The number of hydrogen-bond acceptors (Lipinski definition) is 5. The molecule has 8 heteroatoms. The minimum Gasteiger partial charge on any atom is -0.459 e. The molecule has 2 aromatic heterocycles. The average molecular weight is 371 g/mol. The van der Waals surface area contributed by atoms with Gasteiger partial charge in [-0.15, -0.1) is 0 Å². The predicted octanol–water partition coefficient (Wildman–Crippen LogP) is 2.55. The van der Waals surface area contributed by atoms with E-state index in [1.165, 1.54) is 18.4 Å². The number of nitrogens with one attached hydrogen (secondary N) is 2. The number of carbonyl (C=O) groups is 2. The SMILES string of the molecule is O=C(CCc1ncc(-c2ccc(F)cc2)o1)NCCNC(=O)c1ccco1. The van der Waals surface area contributed by atoms with E-state index in [1.54, 1.807) is 30.5 Å². The van der Waals surface area contributed by atoms with Crippen molar-refractivity contribution < 1.29 is 22.8 Å². The number of oxazole rings is 1. The molecule has 1 aromatic carbocycles. The predicted molar refractivity (Wildman–Crippen MR) is 94.3 cm³/mol. The van der Waals surface area contributed by atoms with E-state index in [4.69, 9.17) is 8.83 Å². The maximum Gasteiger partial charge on any atom is 0.287 e. The second-order valence-corrected chi connectivity index (χ2v) is 5.71. The molecule has 0 fully saturated rings. The van der Waals surface area contributed by atoms with Gasteiger partial charge in [-0.1, -0.05) is 0 Å². The molecule has 0 radical (unpaired) electrons. The molecule has 27 heavy (non-hydrogen) atoms. The molecule has 3 aromatic rings. The number of amides is 2. The Bertz CT molecular complexity index is 888. The standard InChI is InChI=1S/C19H18FN3O4/c20-14-5-3-13(4-6-14)16-12-23-18(27-16)8-7-17(24)21-9-10-22-19(25)15-2-1-11-26-15/h1-6,11-12H,7-10H2,(H,21,24)(H,22,25). The molecule has 7 nitrogen and oxygen atoms in total. The zero-order valence-corrected chi connectivity index (χ0v) is 14.4. The highest BCUT2D eigenvalue weighted by atomic mass is 19.1. The maximum absolute atomic E-state index is 12.9. The first-order chi connectivity index (χ1) is 13.1. The van der Waals surface area contributed by atoms with Crippen molar-refractivity contribution in [3.63, 3.8) is 0 Å². The molecule has 2 N–H and O–H groups in total. The van der Waals surface area contributed by atoms with Crippen molar-refractivity contribution in [2.24, 2.45) is 0 Å². The van der Waals surface area contributed by atoms with Gasteiger partial charge < -0.3 is 19.5 Å². The first-order valence-electron chi connectivity index (χ1n) is 8.41. The maximum atomic E-state index is 12.9. The zero-order valence-electron chi connectivity index (χ0n) is 14.4. The van der Waals surface area contributed by atoms with Crippen LogP contribution in [-0.4, -0.2) is 29.9 Å². The molecule has 0 saturated heterocycles. The third-order valence-corrected chi connectivity index (χ3v) is 3.73. The molecule has 0 aliphatic heterocycles. The second kappa shape index (κ2) is 8.79. The van der Waals surface area contributed by atoms with Crippen LogP contribution < -0.4 is 10.6 Å². The van der Waals surface area contributed by atoms with Gasteiger partial charge in [-0.3, -0.25) is 9.59 Å². The van der Waals surface area contributed by atoms with Gasteiger partial charge in [-0.05, 0) is 36.4 Å². The number of halogens is 1. The number of benzene rings is 1. The Morgan fingerprint density at radius 1 is 1.07 bits per heavy atom. The van der Waals surface area contributed by atoms with E-state index >= 15 is 0 Å². The van der Waals surface area contributed by atoms with Crippen LogP contribution in [0.4, 0.5) is 4.39 Å². The third-order valence-electron chi connectivity index (χ3n) is 3.73. The quantitative estimate of drug-likeness (QED) is 0.593. The van der Waals surface area contributed by atoms with Gasteiger partial charge >= 0.3 is 0 Å². The first kappa shape index (κ1) is 18.4. The lowest BCUT2D eigenvalue weighted by atomic mass is 10.2. The van der Waals surface area contributed by atoms with Gasteiger partial charge in [0.1, 0.15) is 5.82 Å². The van der Waals surface area contributed by atoms with Gasteiger partial charge in [0.2, 0.25) is 5.91 Å². The van der Waals surface area contributed by atoms with E-state index in [2.05, 4.69) is 15.6 Å². The number of carbonyl (C=O) groups excluding carboxylic acids is 2. The third kappa shape index (κ3) is 5.27. The largest absolute Gasteiger partial charge is 0.459 e. The van der Waals surface area contributed by atoms with Crippen LogP contribution in [0, 0.1) is 5.82 Å². The smallest absolute Gasteiger partial charge is 0.287 e. The molecule has 2 amide bonds. The molecule has 0 aliphatic rings. The highest BCUT2D eigenvalue weighted by Gasteiger charge is 2.10. The van der Waals surface area contributed by atoms with Crippen LogP contribution in [0.25, 0.3) is 11.3 Å². The molecule has 0 saturated carbocycles. The highest BCUT2D eigenvalue weighted by molar-refractivity contribution is 5.91. The molecule has 0 aliphatic carbocycles. The average Bonchev–Trinajstić information content (AvgIpc) is 3.36. The van der Waals surface area contributed by atoms with E-state index in [-0.39, 0.29) is 29.8 Å². The Kier molecular flexibility index (Phi) is 5.98. The fourth-order valence-electron chi connectivity index (χ4n) is 2.36. The van der Waals surface area contributed by atoms with Crippen LogP contribution in [0.2, 0.25) is 0 Å². The second-order valence-electron chi connectivity index (χ2n) is 5.71. The van der Waals surface area contributed by atoms with E-state index in [0.29, 0.717) is 36.7 Å². The summed E-state index contributed by atoms with van der Waals surface area (Å²) in [6, 6.07) is 9.07. The highest BCUT2D eigenvalue weighted by Crippen LogP contribution is 2.21. The van der Waals surface area contributed by atoms with Gasteiger partial charge in [0, 0.05) is 31.5 Å². The van der Waals surface area contributed by atoms with E-state index in [0.717, 1.165) is 0 Å². The fourth-order valence-corrected chi connectivity index (χ4v) is 2.36. The van der Waals surface area contributed by atoms with Gasteiger partial charge in [0.15, 0.2) is 17.4 Å². The van der Waals surface area contributed by atoms with Crippen LogP contribution in [0.3, 0.4) is 0 Å². The van der Waals surface area contributed by atoms with Crippen LogP contribution >= 0.6 is 0 Å². The van der Waals surface area contributed by atoms with Crippen molar-refractivity contribution in [2.75, 3.05) is 13.1 Å². The van der Waals surface area contributed by atoms with Crippen molar-refractivity contribution in [1.29, 1.82) is 0 Å². The van der Waals surface area contributed by atoms with E-state index in [1.807, 2.05) is 0 Å². The normalized spacial score (nSPS) is 10.6. The molecule has 0 atom stereocenters. The Morgan fingerprint density at radius 2 is 1.85 bits per heavy atom. The molecule has 0 bridgehead atoms. The van der Waals surface area contributed by atoms with Crippen molar-refractivity contribution >= 4 is 11.8 Å². The molecular weight excluding hydrogens is 353 g/mol. The van der Waals surface area contributed by atoms with Gasteiger partial charge in [0.25, 0.3) is 5.91 Å². The topological polar surface area (TPSA) is 97.4 Å². The van der Waals surface area contributed by atoms with Gasteiger partial charge in [-0.2, -0.15) is 0 Å². The monoisotopic (exact) mass is 371 g/mol. The first-order valence-corrected chi connectivity index (χ1v) is 8.41. The van der Waals surface area contributed by atoms with Crippen molar-refractivity contribution in [3.8, 4) is 11.3 Å². The summed E-state index contributed by atoms with van der Waals surface area (Å²) < 4.78 is 23.5. The summed E-state index contributed by atoms with van der Waals surface area (Å²) in [7, 11) is 0. The van der Waals surface area contributed by atoms with Crippen LogP contribution in [0.1, 0.15) is 22.9 Å². The summed E-state index contributed by atoms with van der Waals surface area (Å²) in [6.45, 7) is 0.594. The van der Waals surface area contributed by atoms with Crippen molar-refractivity contribution in [2.45, 2.75) is 12.8 Å². The summed E-state index contributed by atoms with van der Waals surface area (Å²) in [5, 5.41) is 5.34. The van der Waals surface area contributed by atoms with Gasteiger partial charge in [0.05, 0.1) is 12.5 Å². The Balaban J connectivity index is 1.37. The molecule has 140 valence electrons. The minimum atomic E-state index is -0.331. The molecule has 3 rings (SSSR count). The molecule has 2 heterocycles. The van der Waals surface area contributed by atoms with Crippen LogP contribution in [-0.2, 0) is 11.2 Å². The summed E-state index contributed by atoms with van der Waals surface area (Å²) >= 11 is 0. The number of nitrogens with zero attached hydrogens (tertiary/aromatic N) is 1. The summed E-state index contributed by atoms with van der Waals surface area (Å²) in [5.41, 5.74) is 0.715. The summed E-state index contributed by atoms with van der Waals surface area (Å²) in [5.74, 6) is 0.338. The Labute approximate surface area is 154 Å². The summed E-state index contributed by atoms with van der Waals surface area (Å²) in [4.78, 5) is 27.6. The molecule has 0 unspecified atom stereocenters. The van der Waals surface area contributed by atoms with E-state index in [9.17, 15) is 14.0 Å². The van der Waals surface area contributed by atoms with Crippen LogP contribution in [0.5, 0.6) is 0 Å². The number of aryl methyl sites for hydroxylation is 1. The van der Waals surface area contributed by atoms with Crippen LogP contribution in [0.15, 0.2) is 57.7 Å². The van der Waals surface area contributed by atoms with E-state index < -0.39 is 0 Å². The van der Waals surface area contributed by atoms with Gasteiger partial charge in [-0.25, -0.2) is 9.37 Å². The number of furan rings is 1. The number of hydrogen-bond donors (Lipinski definition) is 2. The number of rotatable bonds is 8. The van der Waals surface area contributed by atoms with Crippen molar-refractivity contribution in [3.05, 3.63) is 66.3 Å². The lowest BCUT2D eigenvalue weighted by Crippen LogP contribution is -2.34. The Hall–Kier alpha value is -3.42. The summed E-state index contributed by atoms with van der Waals surface area (Å²) in [6.07, 6.45) is 3.51. The lowest BCUT2D eigenvalue weighted by molar-refractivity contribution is -0.121. The number of aromatic nitrogens is 1. The molecule has 0 spiro atoms.